The Balaban J connectivity index is 2.01. The molecule has 0 aliphatic heterocycles. The maximum Gasteiger partial charge on any atom is 0.343 e. The van der Waals surface area contributed by atoms with Crippen LogP contribution in [-0.4, -0.2) is 42.5 Å². The van der Waals surface area contributed by atoms with Crippen LogP contribution in [0.5, 0.6) is 0 Å². The molecule has 138 valence electrons. The predicted molar refractivity (Wildman–Crippen MR) is 97.7 cm³/mol. The number of hydrogen-bond donors (Lipinski definition) is 2. The third kappa shape index (κ3) is 4.57. The first-order valence-corrected chi connectivity index (χ1v) is 8.62. The number of para-hydroxylation sites is 1. The first kappa shape index (κ1) is 19.4. The molecule has 1 heterocycles. The molecule has 0 aliphatic rings. The zero-order chi connectivity index (χ0) is 19.1. The molecule has 2 N–H and O–H groups in total. The topological polar surface area (TPSA) is 107 Å². The van der Waals surface area contributed by atoms with Gasteiger partial charge in [-0.05, 0) is 37.5 Å². The van der Waals surface area contributed by atoms with E-state index in [1.807, 2.05) is 0 Å². The summed E-state index contributed by atoms with van der Waals surface area (Å²) in [7, 11) is 1.67. The van der Waals surface area contributed by atoms with Crippen molar-refractivity contribution in [2.45, 2.75) is 13.8 Å². The normalized spacial score (nSPS) is 10.1. The summed E-state index contributed by atoms with van der Waals surface area (Å²) >= 11 is 1.14. The van der Waals surface area contributed by atoms with Crippen molar-refractivity contribution in [1.29, 1.82) is 0 Å². The summed E-state index contributed by atoms with van der Waals surface area (Å²) in [5.41, 5.74) is 1.34. The number of aromatic nitrogens is 1. The lowest BCUT2D eigenvalue weighted by atomic mass is 10.2. The molecule has 0 aliphatic carbocycles. The van der Waals surface area contributed by atoms with E-state index in [0.717, 1.165) is 11.5 Å². The molecule has 0 spiro atoms. The summed E-state index contributed by atoms with van der Waals surface area (Å²) in [6.07, 6.45) is 0. The van der Waals surface area contributed by atoms with E-state index < -0.39 is 24.5 Å². The Morgan fingerprint density at radius 3 is 2.58 bits per heavy atom. The van der Waals surface area contributed by atoms with Crippen LogP contribution in [-0.2, 0) is 14.3 Å². The number of rotatable bonds is 7. The van der Waals surface area contributed by atoms with Gasteiger partial charge in [-0.3, -0.25) is 4.79 Å². The fourth-order valence-corrected chi connectivity index (χ4v) is 2.88. The quantitative estimate of drug-likeness (QED) is 0.714. The molecule has 26 heavy (non-hydrogen) atoms. The van der Waals surface area contributed by atoms with Gasteiger partial charge < -0.3 is 20.1 Å². The van der Waals surface area contributed by atoms with Crippen LogP contribution in [0.1, 0.15) is 33.3 Å². The van der Waals surface area contributed by atoms with Gasteiger partial charge in [0.2, 0.25) is 0 Å². The van der Waals surface area contributed by atoms with Crippen molar-refractivity contribution in [2.24, 2.45) is 0 Å². The van der Waals surface area contributed by atoms with Crippen LogP contribution in [0.4, 0.5) is 10.7 Å². The van der Waals surface area contributed by atoms with Gasteiger partial charge in [-0.2, -0.15) is 4.37 Å². The van der Waals surface area contributed by atoms with Crippen molar-refractivity contribution in [3.63, 3.8) is 0 Å². The van der Waals surface area contributed by atoms with Crippen molar-refractivity contribution in [3.05, 3.63) is 41.1 Å². The van der Waals surface area contributed by atoms with Crippen molar-refractivity contribution in [2.75, 3.05) is 30.9 Å². The highest BCUT2D eigenvalue weighted by molar-refractivity contribution is 7.10. The number of carbonyl (C=O) groups excluding carboxylic acids is 3. The maximum atomic E-state index is 12.2. The minimum Gasteiger partial charge on any atom is -0.462 e. The zero-order valence-corrected chi connectivity index (χ0v) is 15.4. The first-order valence-electron chi connectivity index (χ1n) is 7.85. The van der Waals surface area contributed by atoms with Gasteiger partial charge in [0.1, 0.15) is 10.6 Å². The largest absolute Gasteiger partial charge is 0.462 e. The Hall–Kier alpha value is -2.94. The summed E-state index contributed by atoms with van der Waals surface area (Å²) in [5, 5.41) is 5.98. The molecule has 0 radical (unpaired) electrons. The van der Waals surface area contributed by atoms with Crippen LogP contribution >= 0.6 is 11.5 Å². The van der Waals surface area contributed by atoms with Crippen molar-refractivity contribution in [3.8, 4) is 0 Å². The van der Waals surface area contributed by atoms with Crippen molar-refractivity contribution >= 4 is 40.1 Å². The number of esters is 2. The highest BCUT2D eigenvalue weighted by Crippen LogP contribution is 2.24. The molecule has 0 unspecified atom stereocenters. The van der Waals surface area contributed by atoms with E-state index in [4.69, 9.17) is 9.47 Å². The Kier molecular flexibility index (Phi) is 6.67. The van der Waals surface area contributed by atoms with Crippen LogP contribution in [0, 0.1) is 6.92 Å². The van der Waals surface area contributed by atoms with Gasteiger partial charge in [-0.25, -0.2) is 9.59 Å². The molecule has 1 amide bonds. The van der Waals surface area contributed by atoms with E-state index in [0.29, 0.717) is 16.3 Å². The second-order valence-corrected chi connectivity index (χ2v) is 5.89. The smallest absolute Gasteiger partial charge is 0.343 e. The number of aryl methyl sites for hydroxylation is 1. The number of hydrogen-bond acceptors (Lipinski definition) is 8. The summed E-state index contributed by atoms with van der Waals surface area (Å²) in [6, 6.07) is 6.44. The summed E-state index contributed by atoms with van der Waals surface area (Å²) in [4.78, 5) is 36.2. The number of ether oxygens (including phenoxy) is 2. The van der Waals surface area contributed by atoms with E-state index >= 15 is 0 Å². The van der Waals surface area contributed by atoms with Gasteiger partial charge in [-0.15, -0.1) is 0 Å². The number of anilines is 2. The maximum absolute atomic E-state index is 12.2. The van der Waals surface area contributed by atoms with Gasteiger partial charge >= 0.3 is 11.9 Å². The molecule has 0 bridgehead atoms. The molecule has 2 rings (SSSR count). The molecule has 8 nitrogen and oxygen atoms in total. The Bertz CT molecular complexity index is 818. The molecule has 9 heteroatoms. The SMILES string of the molecule is CCOC(=O)c1ccccc1NC(=O)COC(=O)c1c(C)nsc1NC. The lowest BCUT2D eigenvalue weighted by molar-refractivity contribution is -0.119. The van der Waals surface area contributed by atoms with Crippen LogP contribution in [0.3, 0.4) is 0 Å². The standard InChI is InChI=1S/C17H19N3O5S/c1-4-24-16(22)11-7-5-6-8-12(11)19-13(21)9-25-17(23)14-10(2)20-26-15(14)18-3/h5-8,18H,4,9H2,1-3H3,(H,19,21). The molecule has 1 aromatic heterocycles. The minimum atomic E-state index is -0.644. The summed E-state index contributed by atoms with van der Waals surface area (Å²) < 4.78 is 14.1. The molecule has 0 saturated carbocycles. The van der Waals surface area contributed by atoms with Crippen molar-refractivity contribution < 1.29 is 23.9 Å². The zero-order valence-electron chi connectivity index (χ0n) is 14.6. The van der Waals surface area contributed by atoms with Crippen LogP contribution in [0.25, 0.3) is 0 Å². The van der Waals surface area contributed by atoms with Crippen molar-refractivity contribution in [1.82, 2.24) is 4.37 Å². The van der Waals surface area contributed by atoms with Gasteiger partial charge in [0.15, 0.2) is 6.61 Å². The molecule has 2 aromatic rings. The Morgan fingerprint density at radius 1 is 1.15 bits per heavy atom. The lowest BCUT2D eigenvalue weighted by Crippen LogP contribution is -2.22. The van der Waals surface area contributed by atoms with Gasteiger partial charge in [0.25, 0.3) is 5.91 Å². The second-order valence-electron chi connectivity index (χ2n) is 5.11. The van der Waals surface area contributed by atoms with Gasteiger partial charge in [0, 0.05) is 7.05 Å². The molecule has 0 saturated heterocycles. The number of carbonyl (C=O) groups is 3. The number of amides is 1. The molecular weight excluding hydrogens is 358 g/mol. The Labute approximate surface area is 154 Å². The van der Waals surface area contributed by atoms with Gasteiger partial charge in [-0.1, -0.05) is 12.1 Å². The van der Waals surface area contributed by atoms with Crippen LogP contribution in [0.15, 0.2) is 24.3 Å². The molecule has 0 fully saturated rings. The van der Waals surface area contributed by atoms with E-state index in [2.05, 4.69) is 15.0 Å². The monoisotopic (exact) mass is 377 g/mol. The third-order valence-corrected chi connectivity index (χ3v) is 4.28. The predicted octanol–water partition coefficient (Wildman–Crippen LogP) is 2.47. The van der Waals surface area contributed by atoms with Gasteiger partial charge in [0.05, 0.1) is 23.6 Å². The fourth-order valence-electron chi connectivity index (χ4n) is 2.15. The molecule has 1 aromatic carbocycles. The van der Waals surface area contributed by atoms with E-state index in [-0.39, 0.29) is 17.9 Å². The average molecular weight is 377 g/mol. The second kappa shape index (κ2) is 8.95. The molecule has 0 atom stereocenters. The first-order chi connectivity index (χ1) is 12.5. The van der Waals surface area contributed by atoms with E-state index in [1.54, 1.807) is 45.2 Å². The lowest BCUT2D eigenvalue weighted by Gasteiger charge is -2.10. The molecular formula is C17H19N3O5S. The van der Waals surface area contributed by atoms with E-state index in [1.165, 1.54) is 0 Å². The fraction of sp³-hybridized carbons (Fsp3) is 0.294. The third-order valence-electron chi connectivity index (χ3n) is 3.32. The highest BCUT2D eigenvalue weighted by Gasteiger charge is 2.20. The van der Waals surface area contributed by atoms with Crippen LogP contribution < -0.4 is 10.6 Å². The van der Waals surface area contributed by atoms with E-state index in [9.17, 15) is 14.4 Å². The Morgan fingerprint density at radius 2 is 1.88 bits per heavy atom. The average Bonchev–Trinajstić information content (AvgIpc) is 3.01. The van der Waals surface area contributed by atoms with Crippen LogP contribution in [0.2, 0.25) is 0 Å². The number of nitrogens with zero attached hydrogens (tertiary/aromatic N) is 1. The highest BCUT2D eigenvalue weighted by atomic mass is 32.1. The summed E-state index contributed by atoms with van der Waals surface area (Å²) in [5.74, 6) is -1.75. The summed E-state index contributed by atoms with van der Waals surface area (Å²) in [6.45, 7) is 3.11. The number of nitrogens with one attached hydrogen (secondary N) is 2. The number of benzene rings is 1. The minimum absolute atomic E-state index is 0.223.